The number of aromatic nitrogens is 2. The van der Waals surface area contributed by atoms with Crippen molar-refractivity contribution >= 4 is 28.5 Å². The summed E-state index contributed by atoms with van der Waals surface area (Å²) in [6.45, 7) is 1.28. The summed E-state index contributed by atoms with van der Waals surface area (Å²) in [6.07, 6.45) is 5.93. The number of halogens is 1. The molecule has 1 aromatic carbocycles. The van der Waals surface area contributed by atoms with Crippen LogP contribution in [-0.2, 0) is 9.59 Å². The third-order valence-electron chi connectivity index (χ3n) is 5.44. The quantitative estimate of drug-likeness (QED) is 0.666. The van der Waals surface area contributed by atoms with Gasteiger partial charge in [-0.25, -0.2) is 4.39 Å². The zero-order chi connectivity index (χ0) is 20.9. The summed E-state index contributed by atoms with van der Waals surface area (Å²) in [7, 11) is 0. The average Bonchev–Trinajstić information content (AvgIpc) is 3.17. The summed E-state index contributed by atoms with van der Waals surface area (Å²) < 4.78 is 18.6. The lowest BCUT2D eigenvalue weighted by atomic mass is 9.91. The van der Waals surface area contributed by atoms with E-state index in [1.165, 1.54) is 12.1 Å². The Kier molecular flexibility index (Phi) is 6.02. The van der Waals surface area contributed by atoms with Crippen molar-refractivity contribution in [2.24, 2.45) is 0 Å². The maximum Gasteiger partial charge on any atom is 0.224 e. The maximum absolute atomic E-state index is 13.3. The molecule has 0 aliphatic carbocycles. The number of piperidine rings is 1. The molecular formula is C22H23FN4O3. The van der Waals surface area contributed by atoms with Crippen LogP contribution >= 0.6 is 0 Å². The first-order valence-corrected chi connectivity index (χ1v) is 10.1. The Bertz CT molecular complexity index is 1030. The van der Waals surface area contributed by atoms with Gasteiger partial charge >= 0.3 is 0 Å². The number of hydrogen-bond acceptors (Lipinski definition) is 5. The normalized spacial score (nSPS) is 14.8. The first-order chi connectivity index (χ1) is 14.6. The van der Waals surface area contributed by atoms with Crippen LogP contribution in [0.4, 0.5) is 10.1 Å². The minimum absolute atomic E-state index is 0.0645. The zero-order valence-electron chi connectivity index (χ0n) is 16.5. The van der Waals surface area contributed by atoms with Crippen molar-refractivity contribution < 1.29 is 18.5 Å². The molecule has 2 amide bonds. The number of nitrogens with one attached hydrogen (secondary N) is 1. The molecule has 1 aliphatic rings. The van der Waals surface area contributed by atoms with Gasteiger partial charge in [0.1, 0.15) is 5.82 Å². The van der Waals surface area contributed by atoms with E-state index < -0.39 is 0 Å². The lowest BCUT2D eigenvalue weighted by molar-refractivity contribution is -0.132. The number of carbonyl (C=O) groups excluding carboxylic acids is 2. The largest absolute Gasteiger partial charge is 0.356 e. The van der Waals surface area contributed by atoms with Crippen molar-refractivity contribution in [3.8, 4) is 0 Å². The Morgan fingerprint density at radius 2 is 2.03 bits per heavy atom. The van der Waals surface area contributed by atoms with Gasteiger partial charge in [0.05, 0.1) is 17.6 Å². The molecule has 1 fully saturated rings. The fourth-order valence-corrected chi connectivity index (χ4v) is 3.85. The maximum atomic E-state index is 13.3. The lowest BCUT2D eigenvalue weighted by Crippen LogP contribution is -2.38. The van der Waals surface area contributed by atoms with Gasteiger partial charge in [-0.3, -0.25) is 14.6 Å². The van der Waals surface area contributed by atoms with Crippen molar-refractivity contribution in [3.63, 3.8) is 0 Å². The molecule has 1 aliphatic heterocycles. The Balaban J connectivity index is 1.23. The van der Waals surface area contributed by atoms with Crippen LogP contribution in [0.1, 0.15) is 43.7 Å². The summed E-state index contributed by atoms with van der Waals surface area (Å²) in [5.41, 5.74) is 1.94. The summed E-state index contributed by atoms with van der Waals surface area (Å²) in [5, 5.41) is 7.74. The third kappa shape index (κ3) is 4.64. The number of nitrogens with zero attached hydrogens (tertiary/aromatic N) is 3. The van der Waals surface area contributed by atoms with Crippen LogP contribution in [0.5, 0.6) is 0 Å². The molecule has 0 unspecified atom stereocenters. The van der Waals surface area contributed by atoms with Gasteiger partial charge in [0.25, 0.3) is 0 Å². The first-order valence-electron chi connectivity index (χ1n) is 10.1. The Labute approximate surface area is 173 Å². The Morgan fingerprint density at radius 1 is 1.20 bits per heavy atom. The van der Waals surface area contributed by atoms with Crippen molar-refractivity contribution in [1.29, 1.82) is 0 Å². The van der Waals surface area contributed by atoms with Gasteiger partial charge in [-0.1, -0.05) is 5.16 Å². The van der Waals surface area contributed by atoms with Crippen molar-refractivity contribution in [1.82, 2.24) is 15.0 Å². The average molecular weight is 410 g/mol. The molecule has 30 heavy (non-hydrogen) atoms. The highest BCUT2D eigenvalue weighted by Crippen LogP contribution is 2.33. The number of benzene rings is 1. The summed E-state index contributed by atoms with van der Waals surface area (Å²) in [5.74, 6) is -0.218. The fraction of sp³-hybridized carbons (Fsp3) is 0.364. The van der Waals surface area contributed by atoms with Gasteiger partial charge in [0.2, 0.25) is 11.8 Å². The highest BCUT2D eigenvalue weighted by molar-refractivity contribution is 5.90. The van der Waals surface area contributed by atoms with Crippen LogP contribution in [0.25, 0.3) is 11.0 Å². The van der Waals surface area contributed by atoms with E-state index in [4.69, 9.17) is 4.52 Å². The second kappa shape index (κ2) is 9.02. The molecule has 7 nitrogen and oxygen atoms in total. The molecule has 3 heterocycles. The van der Waals surface area contributed by atoms with Gasteiger partial charge < -0.3 is 14.7 Å². The Morgan fingerprint density at radius 3 is 2.80 bits per heavy atom. The highest BCUT2D eigenvalue weighted by Gasteiger charge is 2.27. The molecule has 2 aromatic heterocycles. The molecule has 1 N–H and O–H groups in total. The minimum atomic E-state index is -0.347. The third-order valence-corrected chi connectivity index (χ3v) is 5.44. The van der Waals surface area contributed by atoms with Gasteiger partial charge in [-0.05, 0) is 43.5 Å². The van der Waals surface area contributed by atoms with Crippen LogP contribution in [0, 0.1) is 5.82 Å². The molecule has 0 spiro atoms. The van der Waals surface area contributed by atoms with Crippen molar-refractivity contribution in [3.05, 3.63) is 54.2 Å². The number of hydrogen-bond donors (Lipinski definition) is 1. The lowest BCUT2D eigenvalue weighted by Gasteiger charge is -2.31. The van der Waals surface area contributed by atoms with Crippen molar-refractivity contribution in [2.75, 3.05) is 18.4 Å². The molecule has 0 radical (unpaired) electrons. The molecule has 3 aromatic rings. The van der Waals surface area contributed by atoms with Gasteiger partial charge in [-0.2, -0.15) is 0 Å². The topological polar surface area (TPSA) is 88.3 Å². The van der Waals surface area contributed by atoms with E-state index in [1.807, 2.05) is 4.90 Å². The number of fused-ring (bicyclic) bond motifs is 1. The highest BCUT2D eigenvalue weighted by atomic mass is 19.1. The molecule has 156 valence electrons. The molecular weight excluding hydrogens is 387 g/mol. The first kappa shape index (κ1) is 20.0. The second-order valence-corrected chi connectivity index (χ2v) is 7.51. The number of amides is 2. The Hall–Kier alpha value is -3.29. The van der Waals surface area contributed by atoms with E-state index in [9.17, 15) is 14.0 Å². The second-order valence-electron chi connectivity index (χ2n) is 7.51. The van der Waals surface area contributed by atoms with Gasteiger partial charge in [0.15, 0.2) is 5.58 Å². The molecule has 0 bridgehead atoms. The van der Waals surface area contributed by atoms with Crippen LogP contribution in [0.3, 0.4) is 0 Å². The smallest absolute Gasteiger partial charge is 0.224 e. The van der Waals surface area contributed by atoms with E-state index in [0.29, 0.717) is 43.6 Å². The predicted molar refractivity (Wildman–Crippen MR) is 109 cm³/mol. The van der Waals surface area contributed by atoms with E-state index in [0.717, 1.165) is 23.9 Å². The number of carbonyl (C=O) groups is 2. The zero-order valence-corrected chi connectivity index (χ0v) is 16.5. The minimum Gasteiger partial charge on any atom is -0.356 e. The van der Waals surface area contributed by atoms with Gasteiger partial charge in [0, 0.05) is 49.5 Å². The predicted octanol–water partition coefficient (Wildman–Crippen LogP) is 3.88. The van der Waals surface area contributed by atoms with Crippen LogP contribution in [0.15, 0.2) is 47.2 Å². The summed E-state index contributed by atoms with van der Waals surface area (Å²) >= 11 is 0. The summed E-state index contributed by atoms with van der Waals surface area (Å²) in [4.78, 5) is 30.3. The van der Waals surface area contributed by atoms with Crippen molar-refractivity contribution in [2.45, 2.75) is 38.0 Å². The van der Waals surface area contributed by atoms with Crippen LogP contribution < -0.4 is 5.32 Å². The van der Waals surface area contributed by atoms with E-state index in [1.54, 1.807) is 30.6 Å². The monoisotopic (exact) mass is 410 g/mol. The van der Waals surface area contributed by atoms with Gasteiger partial charge in [-0.15, -0.1) is 0 Å². The number of anilines is 1. The number of rotatable bonds is 6. The van der Waals surface area contributed by atoms with Crippen LogP contribution in [-0.4, -0.2) is 39.9 Å². The molecule has 1 saturated heterocycles. The molecule has 8 heteroatoms. The SMILES string of the molecule is O=C(CCCC(=O)N1CCC(c2noc3cc(F)ccc23)CC1)Nc1cccnc1. The molecule has 4 rings (SSSR count). The van der Waals surface area contributed by atoms with Crippen LogP contribution in [0.2, 0.25) is 0 Å². The van der Waals surface area contributed by atoms with E-state index in [-0.39, 0.29) is 23.5 Å². The number of likely N-dealkylation sites (tertiary alicyclic amines) is 1. The summed E-state index contributed by atoms with van der Waals surface area (Å²) in [6, 6.07) is 7.98. The standard InChI is InChI=1S/C22H23FN4O3/c23-16-6-7-18-19(13-16)30-26-22(18)15-8-11-27(12-9-15)21(29)5-1-4-20(28)25-17-3-2-10-24-14-17/h2-3,6-7,10,13-15H,1,4-5,8-9,11-12H2,(H,25,28). The van der Waals surface area contributed by atoms with E-state index >= 15 is 0 Å². The van der Waals surface area contributed by atoms with E-state index in [2.05, 4.69) is 15.5 Å². The molecule has 0 atom stereocenters. The fourth-order valence-electron chi connectivity index (χ4n) is 3.85. The number of pyridine rings is 1. The molecule has 0 saturated carbocycles.